The van der Waals surface area contributed by atoms with Crippen LogP contribution in [-0.2, 0) is 4.79 Å². The van der Waals surface area contributed by atoms with Gasteiger partial charge in [-0.2, -0.15) is 0 Å². The number of nitrogens with zero attached hydrogens (tertiary/aromatic N) is 5. The van der Waals surface area contributed by atoms with Crippen LogP contribution in [-0.4, -0.2) is 49.2 Å². The van der Waals surface area contributed by atoms with Crippen molar-refractivity contribution in [3.8, 4) is 11.4 Å². The smallest absolute Gasteiger partial charge is 0.259 e. The van der Waals surface area contributed by atoms with E-state index in [0.717, 1.165) is 17.6 Å². The summed E-state index contributed by atoms with van der Waals surface area (Å²) in [6, 6.07) is 11.1. The number of likely N-dealkylation sites (tertiary alicyclic amines) is 1. The zero-order valence-electron chi connectivity index (χ0n) is 18.7. The molecule has 1 aliphatic heterocycles. The SMILES string of the molecule is C=CC(=O)N1CCC(c2nc(-c3ccc(C(=O)Nc4ccccn4)c(F)c3)n3c(N)nccc23)C1. The molecule has 1 aliphatic rings. The van der Waals surface area contributed by atoms with Gasteiger partial charge in [0.2, 0.25) is 11.9 Å². The van der Waals surface area contributed by atoms with Crippen LogP contribution in [0.1, 0.15) is 28.4 Å². The highest BCUT2D eigenvalue weighted by Crippen LogP contribution is 2.34. The molecule has 0 spiro atoms. The number of carbonyl (C=O) groups excluding carboxylic acids is 2. The fourth-order valence-electron chi connectivity index (χ4n) is 4.35. The summed E-state index contributed by atoms with van der Waals surface area (Å²) in [6.45, 7) is 4.65. The Morgan fingerprint density at radius 2 is 2.03 bits per heavy atom. The summed E-state index contributed by atoms with van der Waals surface area (Å²) in [6.07, 6.45) is 5.16. The number of benzene rings is 1. The van der Waals surface area contributed by atoms with Crippen molar-refractivity contribution in [1.29, 1.82) is 0 Å². The maximum Gasteiger partial charge on any atom is 0.259 e. The van der Waals surface area contributed by atoms with Crippen LogP contribution in [0.25, 0.3) is 16.9 Å². The van der Waals surface area contributed by atoms with Crippen LogP contribution in [0, 0.1) is 5.82 Å². The second-order valence-corrected chi connectivity index (χ2v) is 8.18. The maximum absolute atomic E-state index is 15.1. The quantitative estimate of drug-likeness (QED) is 0.431. The number of halogens is 1. The molecular formula is C25H22FN7O2. The van der Waals surface area contributed by atoms with Gasteiger partial charge in [-0.1, -0.05) is 18.7 Å². The van der Waals surface area contributed by atoms with E-state index in [1.165, 1.54) is 24.4 Å². The molecule has 1 unspecified atom stereocenters. The van der Waals surface area contributed by atoms with Gasteiger partial charge < -0.3 is 16.0 Å². The molecule has 5 rings (SSSR count). The van der Waals surface area contributed by atoms with Crippen LogP contribution < -0.4 is 11.1 Å². The van der Waals surface area contributed by atoms with Gasteiger partial charge >= 0.3 is 0 Å². The Hall–Kier alpha value is -4.60. The Morgan fingerprint density at radius 1 is 1.17 bits per heavy atom. The fraction of sp³-hybridized carbons (Fsp3) is 0.160. The van der Waals surface area contributed by atoms with Crippen LogP contribution in [0.3, 0.4) is 0 Å². The Balaban J connectivity index is 1.50. The van der Waals surface area contributed by atoms with E-state index >= 15 is 4.39 Å². The maximum atomic E-state index is 15.1. The van der Waals surface area contributed by atoms with E-state index in [0.29, 0.717) is 30.3 Å². The number of nitrogens with two attached hydrogens (primary N) is 1. The molecule has 1 aromatic carbocycles. The van der Waals surface area contributed by atoms with E-state index in [1.54, 1.807) is 45.8 Å². The summed E-state index contributed by atoms with van der Waals surface area (Å²) in [7, 11) is 0. The Labute approximate surface area is 200 Å². The molecule has 0 bridgehead atoms. The lowest BCUT2D eigenvalue weighted by molar-refractivity contribution is -0.125. The molecular weight excluding hydrogens is 449 g/mol. The first-order chi connectivity index (χ1) is 17.0. The second-order valence-electron chi connectivity index (χ2n) is 8.18. The van der Waals surface area contributed by atoms with Gasteiger partial charge in [-0.25, -0.2) is 19.3 Å². The standard InChI is InChI=1S/C25H22FN7O2/c1-2-21(34)32-12-9-16(14-32)22-19-8-11-29-25(27)33(19)23(31-22)15-6-7-17(18(26)13-15)24(35)30-20-5-3-4-10-28-20/h2-8,10-11,13,16H,1,9,12,14H2,(H2,27,29)(H,28,30,35). The largest absolute Gasteiger partial charge is 0.369 e. The molecule has 35 heavy (non-hydrogen) atoms. The van der Waals surface area contributed by atoms with Crippen molar-refractivity contribution in [1.82, 2.24) is 24.3 Å². The zero-order chi connectivity index (χ0) is 24.5. The number of aromatic nitrogens is 4. The van der Waals surface area contributed by atoms with Gasteiger partial charge in [0.15, 0.2) is 0 Å². The van der Waals surface area contributed by atoms with Crippen molar-refractivity contribution in [2.45, 2.75) is 12.3 Å². The molecule has 0 aliphatic carbocycles. The molecule has 3 aromatic heterocycles. The van der Waals surface area contributed by atoms with Gasteiger partial charge in [-0.05, 0) is 42.8 Å². The molecule has 4 aromatic rings. The van der Waals surface area contributed by atoms with Crippen molar-refractivity contribution in [2.24, 2.45) is 0 Å². The first kappa shape index (κ1) is 22.2. The van der Waals surface area contributed by atoms with Crippen LogP contribution >= 0.6 is 0 Å². The Bertz CT molecular complexity index is 1450. The van der Waals surface area contributed by atoms with Crippen molar-refractivity contribution in [2.75, 3.05) is 24.1 Å². The highest BCUT2D eigenvalue weighted by molar-refractivity contribution is 6.04. The van der Waals surface area contributed by atoms with E-state index < -0.39 is 11.7 Å². The fourth-order valence-corrected chi connectivity index (χ4v) is 4.35. The van der Waals surface area contributed by atoms with E-state index in [9.17, 15) is 9.59 Å². The van der Waals surface area contributed by atoms with Gasteiger partial charge in [0.05, 0.1) is 16.8 Å². The minimum Gasteiger partial charge on any atom is -0.369 e. The minimum atomic E-state index is -0.708. The Morgan fingerprint density at radius 3 is 2.77 bits per heavy atom. The third-order valence-electron chi connectivity index (χ3n) is 6.05. The lowest BCUT2D eigenvalue weighted by Crippen LogP contribution is -2.26. The number of anilines is 2. The summed E-state index contributed by atoms with van der Waals surface area (Å²) >= 11 is 0. The van der Waals surface area contributed by atoms with Crippen LogP contribution in [0.4, 0.5) is 16.2 Å². The molecule has 4 heterocycles. The summed E-state index contributed by atoms with van der Waals surface area (Å²) in [5, 5.41) is 2.58. The van der Waals surface area contributed by atoms with Gasteiger partial charge in [0, 0.05) is 37.0 Å². The predicted molar refractivity (Wildman–Crippen MR) is 129 cm³/mol. The third kappa shape index (κ3) is 4.10. The molecule has 9 nitrogen and oxygen atoms in total. The average molecular weight is 471 g/mol. The number of fused-ring (bicyclic) bond motifs is 1. The molecule has 176 valence electrons. The number of hydrogen-bond acceptors (Lipinski definition) is 6. The van der Waals surface area contributed by atoms with E-state index in [-0.39, 0.29) is 23.3 Å². The lowest BCUT2D eigenvalue weighted by atomic mass is 10.0. The summed E-state index contributed by atoms with van der Waals surface area (Å²) < 4.78 is 16.7. The monoisotopic (exact) mass is 471 g/mol. The van der Waals surface area contributed by atoms with E-state index in [1.807, 2.05) is 0 Å². The molecule has 1 fully saturated rings. The second kappa shape index (κ2) is 8.98. The molecule has 1 saturated heterocycles. The van der Waals surface area contributed by atoms with Gasteiger partial charge in [-0.15, -0.1) is 0 Å². The minimum absolute atomic E-state index is 0.0160. The van der Waals surface area contributed by atoms with Crippen LogP contribution in [0.15, 0.2) is 67.5 Å². The molecule has 10 heteroatoms. The summed E-state index contributed by atoms with van der Waals surface area (Å²) in [4.78, 5) is 39.3. The number of amides is 2. The predicted octanol–water partition coefficient (Wildman–Crippen LogP) is 3.27. The van der Waals surface area contributed by atoms with Crippen LogP contribution in [0.2, 0.25) is 0 Å². The first-order valence-electron chi connectivity index (χ1n) is 11.0. The number of imidazole rings is 1. The highest BCUT2D eigenvalue weighted by Gasteiger charge is 2.30. The normalized spacial score (nSPS) is 15.3. The molecule has 0 radical (unpaired) electrons. The number of rotatable bonds is 5. The molecule has 2 amide bonds. The van der Waals surface area contributed by atoms with Crippen molar-refractivity contribution < 1.29 is 14.0 Å². The Kier molecular flexibility index (Phi) is 5.69. The number of nitrogen functional groups attached to an aromatic ring is 1. The first-order valence-corrected chi connectivity index (χ1v) is 11.0. The van der Waals surface area contributed by atoms with E-state index in [4.69, 9.17) is 10.7 Å². The zero-order valence-corrected chi connectivity index (χ0v) is 18.7. The molecule has 1 atom stereocenters. The number of hydrogen-bond donors (Lipinski definition) is 2. The lowest BCUT2D eigenvalue weighted by Gasteiger charge is -2.13. The number of nitrogens with one attached hydrogen (secondary N) is 1. The summed E-state index contributed by atoms with van der Waals surface area (Å²) in [5.41, 5.74) is 7.98. The van der Waals surface area contributed by atoms with Gasteiger partial charge in [0.25, 0.3) is 5.91 Å². The van der Waals surface area contributed by atoms with Crippen molar-refractivity contribution >= 4 is 29.1 Å². The van der Waals surface area contributed by atoms with E-state index in [2.05, 4.69) is 21.9 Å². The summed E-state index contributed by atoms with van der Waals surface area (Å²) in [5.74, 6) is -0.530. The van der Waals surface area contributed by atoms with Crippen molar-refractivity contribution in [3.05, 3.63) is 84.6 Å². The third-order valence-corrected chi connectivity index (χ3v) is 6.05. The number of carbonyl (C=O) groups is 2. The number of pyridine rings is 1. The van der Waals surface area contributed by atoms with Crippen LogP contribution in [0.5, 0.6) is 0 Å². The topological polar surface area (TPSA) is 119 Å². The van der Waals surface area contributed by atoms with Crippen molar-refractivity contribution in [3.63, 3.8) is 0 Å². The average Bonchev–Trinajstić information content (AvgIpc) is 3.50. The van der Waals surface area contributed by atoms with Gasteiger partial charge in [0.1, 0.15) is 17.5 Å². The highest BCUT2D eigenvalue weighted by atomic mass is 19.1. The van der Waals surface area contributed by atoms with Gasteiger partial charge in [-0.3, -0.25) is 14.0 Å². The molecule has 0 saturated carbocycles. The molecule has 3 N–H and O–H groups in total.